The highest BCUT2D eigenvalue weighted by Gasteiger charge is 2.45. The summed E-state index contributed by atoms with van der Waals surface area (Å²) in [5.74, 6) is 0. The van der Waals surface area contributed by atoms with Gasteiger partial charge >= 0.3 is 8.80 Å². The first kappa shape index (κ1) is 17.2. The van der Waals surface area contributed by atoms with Crippen molar-refractivity contribution in [3.8, 4) is 0 Å². The number of benzene rings is 1. The molecular weight excluding hydrogens is 270 g/mol. The van der Waals surface area contributed by atoms with Crippen LogP contribution in [-0.2, 0) is 13.3 Å². The standard InChI is InChI=1S/C15H27NO3Si/c1-4-11-17-20(18-12-5-2,19-13-6-3)15-10-8-7-9-14(15)16/h7-10H,4-6,11-13,16H2,1-3H3. The van der Waals surface area contributed by atoms with Crippen LogP contribution in [0.4, 0.5) is 5.69 Å². The van der Waals surface area contributed by atoms with Crippen molar-refractivity contribution in [1.82, 2.24) is 0 Å². The van der Waals surface area contributed by atoms with Gasteiger partial charge in [0.15, 0.2) is 0 Å². The lowest BCUT2D eigenvalue weighted by Crippen LogP contribution is -2.58. The van der Waals surface area contributed by atoms with Crippen LogP contribution in [0.5, 0.6) is 0 Å². The number of para-hydroxylation sites is 1. The van der Waals surface area contributed by atoms with Crippen LogP contribution in [0.2, 0.25) is 0 Å². The van der Waals surface area contributed by atoms with Crippen molar-refractivity contribution >= 4 is 19.7 Å². The van der Waals surface area contributed by atoms with Crippen LogP contribution < -0.4 is 10.9 Å². The Labute approximate surface area is 123 Å². The molecule has 0 heterocycles. The Kier molecular flexibility index (Phi) is 7.83. The molecule has 0 aliphatic carbocycles. The second kappa shape index (κ2) is 9.13. The van der Waals surface area contributed by atoms with Crippen molar-refractivity contribution in [2.75, 3.05) is 25.6 Å². The van der Waals surface area contributed by atoms with Crippen molar-refractivity contribution in [2.24, 2.45) is 0 Å². The lowest BCUT2D eigenvalue weighted by atomic mass is 10.3. The molecule has 1 aromatic carbocycles. The summed E-state index contributed by atoms with van der Waals surface area (Å²) in [5, 5.41) is 0.885. The Morgan fingerprint density at radius 3 is 1.70 bits per heavy atom. The van der Waals surface area contributed by atoms with Crippen molar-refractivity contribution in [3.63, 3.8) is 0 Å². The van der Waals surface area contributed by atoms with E-state index in [1.807, 2.05) is 24.3 Å². The van der Waals surface area contributed by atoms with Crippen LogP contribution in [0.1, 0.15) is 40.0 Å². The highest BCUT2D eigenvalue weighted by atomic mass is 28.4. The minimum absolute atomic E-state index is 0.619. The van der Waals surface area contributed by atoms with Crippen molar-refractivity contribution in [3.05, 3.63) is 24.3 Å². The first-order valence-electron chi connectivity index (χ1n) is 7.47. The third-order valence-corrected chi connectivity index (χ3v) is 5.65. The maximum Gasteiger partial charge on any atom is 0.539 e. The Balaban J connectivity index is 3.08. The van der Waals surface area contributed by atoms with E-state index in [9.17, 15) is 0 Å². The summed E-state index contributed by atoms with van der Waals surface area (Å²) in [6.07, 6.45) is 2.77. The number of rotatable bonds is 10. The van der Waals surface area contributed by atoms with Crippen LogP contribution in [0.15, 0.2) is 24.3 Å². The van der Waals surface area contributed by atoms with Gasteiger partial charge in [-0.05, 0) is 25.3 Å². The van der Waals surface area contributed by atoms with Gasteiger partial charge in [-0.2, -0.15) is 0 Å². The molecule has 114 valence electrons. The number of anilines is 1. The number of nitrogen functional groups attached to an aromatic ring is 1. The molecule has 2 N–H and O–H groups in total. The summed E-state index contributed by atoms with van der Waals surface area (Å²) in [4.78, 5) is 0. The van der Waals surface area contributed by atoms with Gasteiger partial charge in [-0.15, -0.1) is 0 Å². The van der Waals surface area contributed by atoms with Crippen molar-refractivity contribution < 1.29 is 13.3 Å². The second-order valence-corrected chi connectivity index (χ2v) is 7.21. The Morgan fingerprint density at radius 2 is 1.30 bits per heavy atom. The molecule has 0 aliphatic rings. The molecule has 1 aromatic rings. The zero-order chi connectivity index (χ0) is 14.8. The van der Waals surface area contributed by atoms with Gasteiger partial charge in [-0.25, -0.2) is 0 Å². The largest absolute Gasteiger partial charge is 0.539 e. The maximum absolute atomic E-state index is 6.12. The molecule has 0 unspecified atom stereocenters. The van der Waals surface area contributed by atoms with E-state index < -0.39 is 8.80 Å². The first-order valence-corrected chi connectivity index (χ1v) is 9.19. The normalized spacial score (nSPS) is 11.8. The minimum Gasteiger partial charge on any atom is -0.399 e. The highest BCUT2D eigenvalue weighted by molar-refractivity contribution is 6.76. The zero-order valence-corrected chi connectivity index (χ0v) is 13.9. The molecule has 0 amide bonds. The molecule has 5 heteroatoms. The molecule has 0 atom stereocenters. The molecule has 0 aliphatic heterocycles. The van der Waals surface area contributed by atoms with E-state index in [0.717, 1.165) is 24.4 Å². The van der Waals surface area contributed by atoms with Crippen molar-refractivity contribution in [1.29, 1.82) is 0 Å². The number of hydrogen-bond acceptors (Lipinski definition) is 4. The van der Waals surface area contributed by atoms with Gasteiger partial charge < -0.3 is 19.0 Å². The van der Waals surface area contributed by atoms with E-state index in [2.05, 4.69) is 20.8 Å². The third kappa shape index (κ3) is 4.59. The topological polar surface area (TPSA) is 53.7 Å². The van der Waals surface area contributed by atoms with Gasteiger partial charge in [0.25, 0.3) is 0 Å². The SMILES string of the molecule is CCCO[Si](OCCC)(OCCC)c1ccccc1N. The molecule has 0 saturated carbocycles. The lowest BCUT2D eigenvalue weighted by Gasteiger charge is -2.30. The zero-order valence-electron chi connectivity index (χ0n) is 12.9. The Hall–Kier alpha value is -0.883. The fourth-order valence-corrected chi connectivity index (χ4v) is 4.72. The van der Waals surface area contributed by atoms with E-state index in [-0.39, 0.29) is 0 Å². The quantitative estimate of drug-likeness (QED) is 0.533. The minimum atomic E-state index is -2.90. The number of nitrogens with two attached hydrogens (primary N) is 1. The number of hydrogen-bond donors (Lipinski definition) is 1. The van der Waals surface area contributed by atoms with Crippen LogP contribution in [0.3, 0.4) is 0 Å². The Bertz CT molecular complexity index is 365. The first-order chi connectivity index (χ1) is 9.70. The molecule has 0 aromatic heterocycles. The van der Waals surface area contributed by atoms with Gasteiger partial charge in [0.05, 0.1) is 0 Å². The predicted molar refractivity (Wildman–Crippen MR) is 85.0 cm³/mol. The van der Waals surface area contributed by atoms with E-state index in [0.29, 0.717) is 25.5 Å². The van der Waals surface area contributed by atoms with Gasteiger partial charge in [0, 0.05) is 30.7 Å². The summed E-state index contributed by atoms with van der Waals surface area (Å²) < 4.78 is 18.2. The van der Waals surface area contributed by atoms with Gasteiger partial charge in [0.1, 0.15) is 0 Å². The van der Waals surface area contributed by atoms with Gasteiger partial charge in [-0.1, -0.05) is 39.0 Å². The molecule has 4 nitrogen and oxygen atoms in total. The summed E-state index contributed by atoms with van der Waals surface area (Å²) in [6, 6.07) is 7.70. The van der Waals surface area contributed by atoms with Gasteiger partial charge in [-0.3, -0.25) is 0 Å². The maximum atomic E-state index is 6.12. The van der Waals surface area contributed by atoms with Gasteiger partial charge in [0.2, 0.25) is 0 Å². The molecular formula is C15H27NO3Si. The van der Waals surface area contributed by atoms with Crippen LogP contribution in [0.25, 0.3) is 0 Å². The molecule has 1 rings (SSSR count). The summed E-state index contributed by atoms with van der Waals surface area (Å²) in [5.41, 5.74) is 6.80. The third-order valence-electron chi connectivity index (χ3n) is 2.78. The fourth-order valence-electron chi connectivity index (χ4n) is 1.84. The second-order valence-electron chi connectivity index (χ2n) is 4.69. The molecule has 20 heavy (non-hydrogen) atoms. The summed E-state index contributed by atoms with van der Waals surface area (Å²) in [7, 11) is -2.90. The predicted octanol–water partition coefficient (Wildman–Crippen LogP) is 2.69. The monoisotopic (exact) mass is 297 g/mol. The average molecular weight is 297 g/mol. The van der Waals surface area contributed by atoms with E-state index in [1.165, 1.54) is 0 Å². The summed E-state index contributed by atoms with van der Waals surface area (Å²) >= 11 is 0. The smallest absolute Gasteiger partial charge is 0.399 e. The van der Waals surface area contributed by atoms with E-state index in [4.69, 9.17) is 19.0 Å². The fraction of sp³-hybridized carbons (Fsp3) is 0.600. The van der Waals surface area contributed by atoms with Crippen LogP contribution in [0, 0.1) is 0 Å². The van der Waals surface area contributed by atoms with Crippen LogP contribution in [-0.4, -0.2) is 28.6 Å². The highest BCUT2D eigenvalue weighted by Crippen LogP contribution is 2.16. The molecule has 0 bridgehead atoms. The van der Waals surface area contributed by atoms with E-state index in [1.54, 1.807) is 0 Å². The molecule has 0 radical (unpaired) electrons. The van der Waals surface area contributed by atoms with Crippen LogP contribution >= 0.6 is 0 Å². The molecule has 0 spiro atoms. The molecule has 0 fully saturated rings. The molecule has 0 saturated heterocycles. The van der Waals surface area contributed by atoms with E-state index >= 15 is 0 Å². The Morgan fingerprint density at radius 1 is 0.850 bits per heavy atom. The average Bonchev–Trinajstić information content (AvgIpc) is 2.48. The lowest BCUT2D eigenvalue weighted by molar-refractivity contribution is 0.0733. The van der Waals surface area contributed by atoms with Crippen molar-refractivity contribution in [2.45, 2.75) is 40.0 Å². The summed E-state index contributed by atoms with van der Waals surface area (Å²) in [6.45, 7) is 8.09.